The molecule has 3 N–H and O–H groups in total. The van der Waals surface area contributed by atoms with Crippen molar-refractivity contribution in [2.75, 3.05) is 6.54 Å². The monoisotopic (exact) mass is 333 g/mol. The number of carbonyl (C=O) groups is 1. The highest BCUT2D eigenvalue weighted by Crippen LogP contribution is 2.16. The van der Waals surface area contributed by atoms with E-state index in [-0.39, 0.29) is 12.3 Å². The lowest BCUT2D eigenvalue weighted by Crippen LogP contribution is -2.49. The molecule has 1 aromatic heterocycles. The zero-order chi connectivity index (χ0) is 16.9. The van der Waals surface area contributed by atoms with E-state index in [2.05, 4.69) is 10.3 Å². The van der Waals surface area contributed by atoms with E-state index in [0.717, 1.165) is 16.5 Å². The van der Waals surface area contributed by atoms with Gasteiger partial charge in [0.25, 0.3) is 0 Å². The van der Waals surface area contributed by atoms with Crippen LogP contribution in [0, 0.1) is 6.92 Å². The largest absolute Gasteiger partial charge is 0.486 e. The van der Waals surface area contributed by atoms with Gasteiger partial charge in [-0.1, -0.05) is 17.7 Å². The SMILES string of the molecule is Cc1ccc(OCc2nc(CC(=O)NC(C)(C)CN)cs2)cc1. The van der Waals surface area contributed by atoms with Crippen LogP contribution in [-0.2, 0) is 17.8 Å². The third-order valence-corrected chi connectivity index (χ3v) is 4.18. The summed E-state index contributed by atoms with van der Waals surface area (Å²) in [5.41, 5.74) is 7.16. The van der Waals surface area contributed by atoms with Gasteiger partial charge in [-0.05, 0) is 32.9 Å². The van der Waals surface area contributed by atoms with E-state index < -0.39 is 5.54 Å². The molecule has 0 saturated heterocycles. The number of nitrogens with one attached hydrogen (secondary N) is 1. The van der Waals surface area contributed by atoms with Gasteiger partial charge < -0.3 is 15.8 Å². The molecule has 0 aliphatic carbocycles. The van der Waals surface area contributed by atoms with Gasteiger partial charge in [0, 0.05) is 17.5 Å². The first-order valence-corrected chi connectivity index (χ1v) is 8.40. The van der Waals surface area contributed by atoms with Crippen LogP contribution in [0.2, 0.25) is 0 Å². The minimum absolute atomic E-state index is 0.0725. The minimum Gasteiger partial charge on any atom is -0.486 e. The predicted octanol–water partition coefficient (Wildman–Crippen LogP) is 2.43. The molecule has 5 nitrogen and oxygen atoms in total. The summed E-state index contributed by atoms with van der Waals surface area (Å²) in [6, 6.07) is 7.89. The topological polar surface area (TPSA) is 77.2 Å². The normalized spacial score (nSPS) is 11.3. The Balaban J connectivity index is 1.85. The molecule has 124 valence electrons. The Morgan fingerprint density at radius 3 is 2.70 bits per heavy atom. The molecule has 0 bridgehead atoms. The Hall–Kier alpha value is -1.92. The molecule has 1 heterocycles. The van der Waals surface area contributed by atoms with Crippen molar-refractivity contribution in [2.45, 2.75) is 39.3 Å². The zero-order valence-electron chi connectivity index (χ0n) is 13.8. The van der Waals surface area contributed by atoms with Crippen LogP contribution in [0.5, 0.6) is 5.75 Å². The number of benzene rings is 1. The summed E-state index contributed by atoms with van der Waals surface area (Å²) in [5.74, 6) is 0.742. The molecule has 23 heavy (non-hydrogen) atoms. The van der Waals surface area contributed by atoms with Gasteiger partial charge in [0.15, 0.2) is 0 Å². The molecule has 2 aromatic rings. The Morgan fingerprint density at radius 1 is 1.35 bits per heavy atom. The lowest BCUT2D eigenvalue weighted by molar-refractivity contribution is -0.121. The summed E-state index contributed by atoms with van der Waals surface area (Å²) in [4.78, 5) is 16.4. The smallest absolute Gasteiger partial charge is 0.226 e. The molecule has 0 unspecified atom stereocenters. The van der Waals surface area contributed by atoms with Gasteiger partial charge in [0.2, 0.25) is 5.91 Å². The molecule has 0 aliphatic heterocycles. The number of thiazole rings is 1. The molecule has 1 amide bonds. The number of carbonyl (C=O) groups excluding carboxylic acids is 1. The Bertz CT molecular complexity index is 650. The van der Waals surface area contributed by atoms with E-state index in [1.807, 2.05) is 50.4 Å². The van der Waals surface area contributed by atoms with Crippen LogP contribution >= 0.6 is 11.3 Å². The van der Waals surface area contributed by atoms with Crippen LogP contribution in [0.4, 0.5) is 0 Å². The van der Waals surface area contributed by atoms with E-state index in [0.29, 0.717) is 13.2 Å². The molecular formula is C17H23N3O2S. The summed E-state index contributed by atoms with van der Waals surface area (Å²) >= 11 is 1.50. The number of hydrogen-bond donors (Lipinski definition) is 2. The van der Waals surface area contributed by atoms with E-state index in [1.165, 1.54) is 16.9 Å². The fourth-order valence-electron chi connectivity index (χ4n) is 1.91. The van der Waals surface area contributed by atoms with Gasteiger partial charge in [-0.25, -0.2) is 4.98 Å². The lowest BCUT2D eigenvalue weighted by atomic mass is 10.1. The van der Waals surface area contributed by atoms with Crippen molar-refractivity contribution < 1.29 is 9.53 Å². The van der Waals surface area contributed by atoms with Crippen molar-refractivity contribution >= 4 is 17.2 Å². The molecule has 6 heteroatoms. The number of aromatic nitrogens is 1. The summed E-state index contributed by atoms with van der Waals surface area (Å²) in [6.45, 7) is 6.63. The second-order valence-corrected chi connectivity index (χ2v) is 7.09. The molecule has 0 aliphatic rings. The predicted molar refractivity (Wildman–Crippen MR) is 92.6 cm³/mol. The molecule has 0 fully saturated rings. The molecule has 0 atom stereocenters. The van der Waals surface area contributed by atoms with E-state index in [1.54, 1.807) is 0 Å². The van der Waals surface area contributed by atoms with Crippen molar-refractivity contribution in [3.05, 3.63) is 45.9 Å². The van der Waals surface area contributed by atoms with Gasteiger partial charge in [0.05, 0.1) is 12.1 Å². The first-order valence-electron chi connectivity index (χ1n) is 7.52. The highest BCUT2D eigenvalue weighted by Gasteiger charge is 2.19. The first-order chi connectivity index (χ1) is 10.9. The number of amides is 1. The maximum absolute atomic E-state index is 12.0. The molecule has 2 rings (SSSR count). The maximum atomic E-state index is 12.0. The molecular weight excluding hydrogens is 310 g/mol. The standard InChI is InChI=1S/C17H23N3O2S/c1-12-4-6-14(7-5-12)22-9-16-19-13(10-23-16)8-15(21)20-17(2,3)11-18/h4-7,10H,8-9,11,18H2,1-3H3,(H,20,21). The molecule has 0 saturated carbocycles. The molecule has 0 radical (unpaired) electrons. The minimum atomic E-state index is -0.398. The third-order valence-electron chi connectivity index (χ3n) is 3.31. The zero-order valence-corrected chi connectivity index (χ0v) is 14.6. The van der Waals surface area contributed by atoms with E-state index in [4.69, 9.17) is 10.5 Å². The Kier molecular flexibility index (Phi) is 5.74. The quantitative estimate of drug-likeness (QED) is 0.816. The van der Waals surface area contributed by atoms with Crippen LogP contribution in [0.3, 0.4) is 0 Å². The number of ether oxygens (including phenoxy) is 1. The number of rotatable bonds is 7. The van der Waals surface area contributed by atoms with Crippen molar-refractivity contribution in [3.63, 3.8) is 0 Å². The average molecular weight is 333 g/mol. The Morgan fingerprint density at radius 2 is 2.04 bits per heavy atom. The second kappa shape index (κ2) is 7.57. The first kappa shape index (κ1) is 17.4. The molecule has 0 spiro atoms. The van der Waals surface area contributed by atoms with Gasteiger partial charge >= 0.3 is 0 Å². The summed E-state index contributed by atoms with van der Waals surface area (Å²) in [5, 5.41) is 5.64. The van der Waals surface area contributed by atoms with E-state index >= 15 is 0 Å². The number of aryl methyl sites for hydroxylation is 1. The van der Waals surface area contributed by atoms with Gasteiger partial charge in [0.1, 0.15) is 17.4 Å². The fraction of sp³-hybridized carbons (Fsp3) is 0.412. The van der Waals surface area contributed by atoms with Crippen molar-refractivity contribution in [3.8, 4) is 5.75 Å². The maximum Gasteiger partial charge on any atom is 0.226 e. The van der Waals surface area contributed by atoms with Crippen molar-refractivity contribution in [2.24, 2.45) is 5.73 Å². The van der Waals surface area contributed by atoms with Gasteiger partial charge in [-0.3, -0.25) is 4.79 Å². The third kappa shape index (κ3) is 5.65. The van der Waals surface area contributed by atoms with Crippen LogP contribution in [-0.4, -0.2) is 23.0 Å². The summed E-state index contributed by atoms with van der Waals surface area (Å²) in [6.07, 6.45) is 0.254. The number of hydrogen-bond acceptors (Lipinski definition) is 5. The van der Waals surface area contributed by atoms with Crippen molar-refractivity contribution in [1.82, 2.24) is 10.3 Å². The summed E-state index contributed by atoms with van der Waals surface area (Å²) in [7, 11) is 0. The average Bonchev–Trinajstić information content (AvgIpc) is 2.93. The number of nitrogens with two attached hydrogens (primary N) is 1. The fourth-order valence-corrected chi connectivity index (χ4v) is 2.62. The van der Waals surface area contributed by atoms with Crippen LogP contribution < -0.4 is 15.8 Å². The van der Waals surface area contributed by atoms with Crippen LogP contribution in [0.15, 0.2) is 29.6 Å². The second-order valence-electron chi connectivity index (χ2n) is 6.15. The van der Waals surface area contributed by atoms with Crippen molar-refractivity contribution in [1.29, 1.82) is 0 Å². The highest BCUT2D eigenvalue weighted by atomic mass is 32.1. The Labute approximate surface area is 140 Å². The highest BCUT2D eigenvalue weighted by molar-refractivity contribution is 7.09. The van der Waals surface area contributed by atoms with Gasteiger partial charge in [-0.2, -0.15) is 0 Å². The van der Waals surface area contributed by atoms with Crippen LogP contribution in [0.1, 0.15) is 30.1 Å². The molecule has 1 aromatic carbocycles. The summed E-state index contributed by atoms with van der Waals surface area (Å²) < 4.78 is 5.69. The van der Waals surface area contributed by atoms with E-state index in [9.17, 15) is 4.79 Å². The number of nitrogens with zero attached hydrogens (tertiary/aromatic N) is 1. The van der Waals surface area contributed by atoms with Gasteiger partial charge in [-0.15, -0.1) is 11.3 Å². The van der Waals surface area contributed by atoms with Crippen LogP contribution in [0.25, 0.3) is 0 Å². The lowest BCUT2D eigenvalue weighted by Gasteiger charge is -2.23.